The summed E-state index contributed by atoms with van der Waals surface area (Å²) in [4.78, 5) is 55.6. The number of hydrogen-bond acceptors (Lipinski definition) is 6. The molecule has 2 amide bonds. The molecule has 40 heavy (non-hydrogen) atoms. The van der Waals surface area contributed by atoms with E-state index in [2.05, 4.69) is 20.9 Å². The van der Waals surface area contributed by atoms with E-state index < -0.39 is 17.4 Å². The number of nitrogens with zero attached hydrogens (tertiary/aromatic N) is 2. The minimum absolute atomic E-state index is 0.0151. The van der Waals surface area contributed by atoms with Gasteiger partial charge in [0.2, 0.25) is 5.91 Å². The normalized spacial score (nSPS) is 11.5. The Morgan fingerprint density at radius 3 is 2.38 bits per heavy atom. The molecule has 2 aromatic carbocycles. The molecule has 0 saturated carbocycles. The van der Waals surface area contributed by atoms with Gasteiger partial charge in [0.05, 0.1) is 18.3 Å². The SMILES string of the molecule is CNC(=O)c1cccc(-c2ccc(NC(=O)[C@@H](C)NC)c(=O)n2Cc2cncc(C(=O)c3ccc(F)cc3)c2)c1. The van der Waals surface area contributed by atoms with Crippen molar-refractivity contribution in [3.05, 3.63) is 118 Å². The predicted octanol–water partition coefficient (Wildman–Crippen LogP) is 3.23. The summed E-state index contributed by atoms with van der Waals surface area (Å²) >= 11 is 0. The van der Waals surface area contributed by atoms with Crippen LogP contribution in [0.15, 0.2) is 83.9 Å². The summed E-state index contributed by atoms with van der Waals surface area (Å²) in [6.07, 6.45) is 2.94. The van der Waals surface area contributed by atoms with Gasteiger partial charge in [-0.3, -0.25) is 24.2 Å². The molecule has 0 spiro atoms. The Morgan fingerprint density at radius 1 is 0.925 bits per heavy atom. The van der Waals surface area contributed by atoms with Gasteiger partial charge >= 0.3 is 0 Å². The third-order valence-electron chi connectivity index (χ3n) is 6.41. The summed E-state index contributed by atoms with van der Waals surface area (Å²) in [5.74, 6) is -1.46. The second kappa shape index (κ2) is 12.3. The van der Waals surface area contributed by atoms with Gasteiger partial charge < -0.3 is 20.5 Å². The molecule has 0 aliphatic rings. The fourth-order valence-electron chi connectivity index (χ4n) is 4.07. The van der Waals surface area contributed by atoms with Crippen LogP contribution in [0.2, 0.25) is 0 Å². The summed E-state index contributed by atoms with van der Waals surface area (Å²) < 4.78 is 14.8. The van der Waals surface area contributed by atoms with Crippen molar-refractivity contribution in [3.63, 3.8) is 0 Å². The summed E-state index contributed by atoms with van der Waals surface area (Å²) in [5.41, 5.74) is 2.22. The van der Waals surface area contributed by atoms with E-state index in [0.29, 0.717) is 27.9 Å². The molecule has 0 fully saturated rings. The molecule has 3 N–H and O–H groups in total. The average molecular weight is 542 g/mol. The second-order valence-corrected chi connectivity index (χ2v) is 9.10. The summed E-state index contributed by atoms with van der Waals surface area (Å²) in [6.45, 7) is 1.68. The molecule has 0 aliphatic heterocycles. The van der Waals surface area contributed by atoms with Crippen molar-refractivity contribution < 1.29 is 18.8 Å². The minimum atomic E-state index is -0.532. The third-order valence-corrected chi connectivity index (χ3v) is 6.41. The highest BCUT2D eigenvalue weighted by molar-refractivity contribution is 6.08. The monoisotopic (exact) mass is 541 g/mol. The highest BCUT2D eigenvalue weighted by Crippen LogP contribution is 2.23. The smallest absolute Gasteiger partial charge is 0.275 e. The van der Waals surface area contributed by atoms with E-state index in [9.17, 15) is 23.6 Å². The number of aromatic nitrogens is 2. The Balaban J connectivity index is 1.78. The molecule has 10 heteroatoms. The number of carbonyl (C=O) groups is 3. The largest absolute Gasteiger partial charge is 0.355 e. The molecule has 2 heterocycles. The van der Waals surface area contributed by atoms with Crippen molar-refractivity contribution in [1.29, 1.82) is 0 Å². The van der Waals surface area contributed by atoms with Crippen molar-refractivity contribution in [2.45, 2.75) is 19.5 Å². The van der Waals surface area contributed by atoms with Gasteiger partial charge in [0.15, 0.2) is 5.78 Å². The molecular formula is C30H28FN5O4. The van der Waals surface area contributed by atoms with Crippen LogP contribution in [0.3, 0.4) is 0 Å². The van der Waals surface area contributed by atoms with Gasteiger partial charge in [0.1, 0.15) is 11.5 Å². The van der Waals surface area contributed by atoms with E-state index in [0.717, 1.165) is 0 Å². The first-order chi connectivity index (χ1) is 19.2. The molecule has 1 atom stereocenters. The van der Waals surface area contributed by atoms with Gasteiger partial charge in [-0.05, 0) is 79.7 Å². The number of likely N-dealkylation sites (N-methyl/N-ethyl adjacent to an activating group) is 1. The average Bonchev–Trinajstić information content (AvgIpc) is 2.98. The van der Waals surface area contributed by atoms with Crippen LogP contribution in [-0.2, 0) is 11.3 Å². The number of halogens is 1. The number of carbonyl (C=O) groups excluding carboxylic acids is 3. The van der Waals surface area contributed by atoms with Crippen molar-refractivity contribution in [2.75, 3.05) is 19.4 Å². The van der Waals surface area contributed by atoms with Crippen LogP contribution >= 0.6 is 0 Å². The fraction of sp³-hybridized carbons (Fsp3) is 0.167. The van der Waals surface area contributed by atoms with Crippen LogP contribution in [0, 0.1) is 5.82 Å². The Kier molecular flexibility index (Phi) is 8.60. The second-order valence-electron chi connectivity index (χ2n) is 9.10. The van der Waals surface area contributed by atoms with E-state index in [4.69, 9.17) is 0 Å². The molecule has 0 radical (unpaired) electrons. The van der Waals surface area contributed by atoms with Crippen molar-refractivity contribution in [1.82, 2.24) is 20.2 Å². The van der Waals surface area contributed by atoms with E-state index in [1.165, 1.54) is 54.3 Å². The highest BCUT2D eigenvalue weighted by Gasteiger charge is 2.18. The van der Waals surface area contributed by atoms with Crippen LogP contribution in [0.25, 0.3) is 11.3 Å². The van der Waals surface area contributed by atoms with Crippen LogP contribution in [0.4, 0.5) is 10.1 Å². The third kappa shape index (κ3) is 6.19. The molecular weight excluding hydrogens is 513 g/mol. The maximum absolute atomic E-state index is 13.7. The van der Waals surface area contributed by atoms with Crippen LogP contribution in [-0.4, -0.2) is 47.3 Å². The molecule has 4 rings (SSSR count). The van der Waals surface area contributed by atoms with Crippen LogP contribution in [0.1, 0.15) is 38.8 Å². The first kappa shape index (κ1) is 28.1. The number of anilines is 1. The molecule has 4 aromatic rings. The molecule has 204 valence electrons. The highest BCUT2D eigenvalue weighted by atomic mass is 19.1. The van der Waals surface area contributed by atoms with Gasteiger partial charge in [0, 0.05) is 36.1 Å². The molecule has 0 saturated heterocycles. The lowest BCUT2D eigenvalue weighted by atomic mass is 10.0. The van der Waals surface area contributed by atoms with Gasteiger partial charge in [-0.25, -0.2) is 4.39 Å². The van der Waals surface area contributed by atoms with E-state index in [-0.39, 0.29) is 35.4 Å². The zero-order chi connectivity index (χ0) is 28.8. The lowest BCUT2D eigenvalue weighted by Crippen LogP contribution is -2.37. The van der Waals surface area contributed by atoms with Gasteiger partial charge in [-0.2, -0.15) is 0 Å². The number of hydrogen-bond donors (Lipinski definition) is 3. The number of nitrogens with one attached hydrogen (secondary N) is 3. The van der Waals surface area contributed by atoms with Crippen LogP contribution in [0.5, 0.6) is 0 Å². The van der Waals surface area contributed by atoms with E-state index in [1.807, 2.05) is 0 Å². The minimum Gasteiger partial charge on any atom is -0.355 e. The summed E-state index contributed by atoms with van der Waals surface area (Å²) in [6, 6.07) is 16.3. The van der Waals surface area contributed by atoms with Gasteiger partial charge in [-0.1, -0.05) is 12.1 Å². The number of benzene rings is 2. The molecule has 0 unspecified atom stereocenters. The fourth-order valence-corrected chi connectivity index (χ4v) is 4.07. The Morgan fingerprint density at radius 2 is 1.68 bits per heavy atom. The maximum atomic E-state index is 13.7. The lowest BCUT2D eigenvalue weighted by molar-refractivity contribution is -0.117. The van der Waals surface area contributed by atoms with Crippen molar-refractivity contribution in [2.24, 2.45) is 0 Å². The Bertz CT molecular complexity index is 1630. The first-order valence-electron chi connectivity index (χ1n) is 12.5. The number of rotatable bonds is 9. The zero-order valence-electron chi connectivity index (χ0n) is 22.2. The molecule has 0 bridgehead atoms. The summed E-state index contributed by atoms with van der Waals surface area (Å²) in [7, 11) is 3.17. The topological polar surface area (TPSA) is 122 Å². The van der Waals surface area contributed by atoms with Crippen molar-refractivity contribution in [3.8, 4) is 11.3 Å². The number of pyridine rings is 2. The van der Waals surface area contributed by atoms with E-state index in [1.54, 1.807) is 50.4 Å². The number of amides is 2. The van der Waals surface area contributed by atoms with Gasteiger partial charge in [-0.15, -0.1) is 0 Å². The van der Waals surface area contributed by atoms with E-state index >= 15 is 0 Å². The van der Waals surface area contributed by atoms with Crippen molar-refractivity contribution >= 4 is 23.3 Å². The lowest BCUT2D eigenvalue weighted by Gasteiger charge is -2.17. The summed E-state index contributed by atoms with van der Waals surface area (Å²) in [5, 5.41) is 8.08. The standard InChI is InChI=1S/C30H28FN5O4/c1-18(32-2)28(38)35-25-11-12-26(21-5-4-6-22(14-21)29(39)33-3)36(30(25)40)17-19-13-23(16-34-15-19)27(37)20-7-9-24(31)10-8-20/h4-16,18,32H,17H2,1-3H3,(H,33,39)(H,35,38)/t18-/m1/s1. The Hall–Kier alpha value is -4.96. The predicted molar refractivity (Wildman–Crippen MR) is 150 cm³/mol. The van der Waals surface area contributed by atoms with Crippen LogP contribution < -0.4 is 21.5 Å². The molecule has 9 nitrogen and oxygen atoms in total. The molecule has 2 aromatic heterocycles. The molecule has 0 aliphatic carbocycles. The maximum Gasteiger partial charge on any atom is 0.275 e. The number of ketones is 1. The zero-order valence-corrected chi connectivity index (χ0v) is 22.2. The quantitative estimate of drug-likeness (QED) is 0.280. The Labute approximate surface area is 230 Å². The van der Waals surface area contributed by atoms with Gasteiger partial charge in [0.25, 0.3) is 11.5 Å². The first-order valence-corrected chi connectivity index (χ1v) is 12.5.